The molecule has 7 rings (SSSR count). The van der Waals surface area contributed by atoms with Crippen molar-refractivity contribution in [3.8, 4) is 34.3 Å². The van der Waals surface area contributed by atoms with Gasteiger partial charge in [0, 0.05) is 24.4 Å². The number of rotatable bonds is 8. The number of nitrogens with one attached hydrogen (secondary N) is 1. The quantitative estimate of drug-likeness (QED) is 0.235. The molecular weight excluding hydrogens is 524 g/mol. The van der Waals surface area contributed by atoms with Crippen molar-refractivity contribution in [1.29, 1.82) is 0 Å². The number of hydrogen-bond acceptors (Lipinski definition) is 5. The third-order valence-corrected chi connectivity index (χ3v) is 7.72. The van der Waals surface area contributed by atoms with E-state index in [9.17, 15) is 0 Å². The molecule has 0 aliphatic carbocycles. The third kappa shape index (κ3) is 4.73. The van der Waals surface area contributed by atoms with E-state index >= 15 is 0 Å². The first-order chi connectivity index (χ1) is 19.3. The molecule has 0 amide bonds. The second kappa shape index (κ2) is 11.1. The molecule has 2 aliphatic heterocycles. The number of ether oxygens (including phenoxy) is 4. The van der Waals surface area contributed by atoms with Gasteiger partial charge in [0.1, 0.15) is 11.5 Å². The molecule has 204 valence electrons. The summed E-state index contributed by atoms with van der Waals surface area (Å²) in [5, 5.41) is 8.36. The monoisotopic (exact) mass is 554 g/mol. The fraction of sp³-hybridized carbons (Fsp3) is 0.242. The van der Waals surface area contributed by atoms with Gasteiger partial charge in [-0.25, -0.2) is 0 Å². The Morgan fingerprint density at radius 1 is 0.850 bits per heavy atom. The lowest BCUT2D eigenvalue weighted by Gasteiger charge is -2.18. The van der Waals surface area contributed by atoms with E-state index in [4.69, 9.17) is 18.9 Å². The minimum Gasteiger partial charge on any atom is -1.00 e. The molecule has 0 fully saturated rings. The van der Waals surface area contributed by atoms with Gasteiger partial charge in [0.15, 0.2) is 24.2 Å². The molecule has 1 aromatic heterocycles. The number of unbranched alkanes of at least 4 members (excludes halogenated alkanes) is 1. The summed E-state index contributed by atoms with van der Waals surface area (Å²) in [5.74, 6) is 3.48. The van der Waals surface area contributed by atoms with Gasteiger partial charge >= 0.3 is 0 Å². The van der Waals surface area contributed by atoms with Crippen molar-refractivity contribution < 1.29 is 35.9 Å². The van der Waals surface area contributed by atoms with Crippen molar-refractivity contribution in [1.82, 2.24) is 0 Å². The Labute approximate surface area is 239 Å². The Hall–Kier alpha value is -4.16. The van der Waals surface area contributed by atoms with Crippen LogP contribution in [0, 0.1) is 0 Å². The first-order valence-electron chi connectivity index (χ1n) is 13.6. The number of methoxy groups -OCH3 is 1. The van der Waals surface area contributed by atoms with E-state index in [1.807, 2.05) is 6.07 Å². The van der Waals surface area contributed by atoms with Crippen LogP contribution in [0.2, 0.25) is 0 Å². The summed E-state index contributed by atoms with van der Waals surface area (Å²) in [5.41, 5.74) is 4.75. The number of nitrogens with zero attached hydrogens (tertiary/aromatic N) is 1. The van der Waals surface area contributed by atoms with E-state index < -0.39 is 0 Å². The molecule has 6 nitrogen and oxygen atoms in total. The van der Waals surface area contributed by atoms with Crippen LogP contribution in [0.25, 0.3) is 32.8 Å². The zero-order chi connectivity index (χ0) is 26.2. The largest absolute Gasteiger partial charge is 1.00 e. The van der Waals surface area contributed by atoms with E-state index in [0.717, 1.165) is 71.8 Å². The Kier molecular flexibility index (Phi) is 7.27. The zero-order valence-corrected chi connectivity index (χ0v) is 23.2. The number of hydrogen-bond donors (Lipinski definition) is 1. The van der Waals surface area contributed by atoms with E-state index in [0.29, 0.717) is 13.4 Å². The molecule has 3 heterocycles. The highest BCUT2D eigenvalue weighted by atomic mass is 35.5. The Morgan fingerprint density at radius 3 is 2.60 bits per heavy atom. The smallest absolute Gasteiger partial charge is 0.231 e. The van der Waals surface area contributed by atoms with Gasteiger partial charge in [0.2, 0.25) is 12.5 Å². The minimum atomic E-state index is 0. The first kappa shape index (κ1) is 26.1. The summed E-state index contributed by atoms with van der Waals surface area (Å²) in [4.78, 5) is 0. The van der Waals surface area contributed by atoms with Gasteiger partial charge in [0.05, 0.1) is 30.4 Å². The summed E-state index contributed by atoms with van der Waals surface area (Å²) >= 11 is 0. The van der Waals surface area contributed by atoms with Crippen molar-refractivity contribution in [2.75, 3.05) is 32.4 Å². The summed E-state index contributed by atoms with van der Waals surface area (Å²) in [6.45, 7) is 2.73. The first-order valence-corrected chi connectivity index (χ1v) is 13.6. The average Bonchev–Trinajstić information content (AvgIpc) is 3.44. The summed E-state index contributed by atoms with van der Waals surface area (Å²) in [7, 11) is 1.73. The van der Waals surface area contributed by atoms with Crippen LogP contribution in [-0.2, 0) is 13.0 Å². The average molecular weight is 555 g/mol. The molecule has 2 aliphatic rings. The van der Waals surface area contributed by atoms with Crippen LogP contribution in [0.3, 0.4) is 0 Å². The van der Waals surface area contributed by atoms with Crippen LogP contribution >= 0.6 is 0 Å². The van der Waals surface area contributed by atoms with Gasteiger partial charge in [-0.2, -0.15) is 4.57 Å². The molecule has 4 aromatic carbocycles. The standard InChI is InChI=1S/C33H30N2O4.ClH/c1-36-30-12-11-23-17-28-26-19-32-31(38-21-39-32)18-24(26)13-15-35(28)20-27(23)33(30)34-14-4-5-16-37-29-10-6-8-22-7-2-3-9-25(22)29;/h2-3,6-12,17-20H,4-5,13-16,21H2,1H3;1H. The maximum absolute atomic E-state index is 6.13. The molecule has 5 aromatic rings. The number of pyridine rings is 1. The lowest BCUT2D eigenvalue weighted by atomic mass is 9.95. The molecule has 1 N–H and O–H groups in total. The van der Waals surface area contributed by atoms with E-state index in [-0.39, 0.29) is 12.4 Å². The Bertz CT molecular complexity index is 1700. The zero-order valence-electron chi connectivity index (χ0n) is 22.4. The molecule has 40 heavy (non-hydrogen) atoms. The molecule has 7 heteroatoms. The molecule has 0 atom stereocenters. The summed E-state index contributed by atoms with van der Waals surface area (Å²) in [6.07, 6.45) is 5.16. The predicted molar refractivity (Wildman–Crippen MR) is 153 cm³/mol. The van der Waals surface area contributed by atoms with E-state index in [2.05, 4.69) is 82.8 Å². The fourth-order valence-electron chi connectivity index (χ4n) is 5.72. The van der Waals surface area contributed by atoms with Crippen LogP contribution in [0.15, 0.2) is 79.0 Å². The molecule has 0 bridgehead atoms. The SMILES string of the molecule is COc1ccc2cc3[n+](cc2c1NCCCCOc1cccc2ccccc12)CCc1cc2c(cc1-3)OCO2.[Cl-]. The van der Waals surface area contributed by atoms with Gasteiger partial charge in [-0.15, -0.1) is 0 Å². The highest BCUT2D eigenvalue weighted by molar-refractivity contribution is 5.97. The highest BCUT2D eigenvalue weighted by Gasteiger charge is 2.28. The van der Waals surface area contributed by atoms with Crippen molar-refractivity contribution in [3.05, 3.63) is 84.6 Å². The number of aromatic nitrogens is 1. The highest BCUT2D eigenvalue weighted by Crippen LogP contribution is 2.41. The van der Waals surface area contributed by atoms with Crippen LogP contribution in [-0.4, -0.2) is 27.1 Å². The van der Waals surface area contributed by atoms with Gasteiger partial charge in [-0.05, 0) is 53.4 Å². The normalized spacial score (nSPS) is 12.9. The van der Waals surface area contributed by atoms with Crippen molar-refractivity contribution >= 4 is 27.2 Å². The number of halogens is 1. The van der Waals surface area contributed by atoms with E-state index in [1.165, 1.54) is 27.6 Å². The summed E-state index contributed by atoms with van der Waals surface area (Å²) in [6, 6.07) is 25.3. The van der Waals surface area contributed by atoms with E-state index in [1.54, 1.807) is 7.11 Å². The maximum atomic E-state index is 6.13. The molecule has 0 saturated heterocycles. The molecule has 0 unspecified atom stereocenters. The van der Waals surface area contributed by atoms with Gasteiger partial charge in [0.25, 0.3) is 0 Å². The predicted octanol–water partition coefficient (Wildman–Crippen LogP) is 3.52. The third-order valence-electron chi connectivity index (χ3n) is 7.72. The maximum Gasteiger partial charge on any atom is 0.231 e. The van der Waals surface area contributed by atoms with Crippen molar-refractivity contribution in [3.63, 3.8) is 0 Å². The lowest BCUT2D eigenvalue weighted by Crippen LogP contribution is -3.00. The minimum absolute atomic E-state index is 0. The Morgan fingerprint density at radius 2 is 1.70 bits per heavy atom. The van der Waals surface area contributed by atoms with Crippen LogP contribution in [0.4, 0.5) is 5.69 Å². The lowest BCUT2D eigenvalue weighted by molar-refractivity contribution is -0.686. The fourth-order valence-corrected chi connectivity index (χ4v) is 5.72. The second-order valence-electron chi connectivity index (χ2n) is 10.1. The summed E-state index contributed by atoms with van der Waals surface area (Å²) < 4.78 is 25.5. The van der Waals surface area contributed by atoms with Crippen LogP contribution in [0.5, 0.6) is 23.0 Å². The van der Waals surface area contributed by atoms with Crippen LogP contribution in [0.1, 0.15) is 18.4 Å². The van der Waals surface area contributed by atoms with Crippen LogP contribution < -0.4 is 41.2 Å². The second-order valence-corrected chi connectivity index (χ2v) is 10.1. The molecule has 0 radical (unpaired) electrons. The van der Waals surface area contributed by atoms with Gasteiger partial charge < -0.3 is 36.7 Å². The van der Waals surface area contributed by atoms with Gasteiger partial charge in [-0.1, -0.05) is 42.5 Å². The number of aryl methyl sites for hydroxylation is 2. The topological polar surface area (TPSA) is 52.8 Å². The van der Waals surface area contributed by atoms with Gasteiger partial charge in [-0.3, -0.25) is 0 Å². The number of benzene rings is 4. The Balaban J connectivity index is 0.00000289. The molecular formula is C33H31ClN2O4. The molecule has 0 saturated carbocycles. The molecule has 0 spiro atoms. The van der Waals surface area contributed by atoms with Crippen molar-refractivity contribution in [2.45, 2.75) is 25.8 Å². The number of anilines is 1. The van der Waals surface area contributed by atoms with Crippen molar-refractivity contribution in [2.24, 2.45) is 0 Å². The number of fused-ring (bicyclic) bond motifs is 6.